The van der Waals surface area contributed by atoms with Crippen LogP contribution in [0.15, 0.2) is 97.3 Å². The molecule has 0 spiro atoms. The van der Waals surface area contributed by atoms with E-state index in [9.17, 15) is 4.39 Å². The standard InChI is InChI=1S/C27H21ClFN5/c1-18(19-6-3-2-4-7-19)31-27-30-15-14-25(33-27)34-17-24(21-8-5-9-22(28)16-21)32-26(34)20-10-12-23(29)13-11-20/h2-18H,1H3,(H,30,31,33). The Bertz CT molecular complexity index is 1420. The maximum atomic E-state index is 13.6. The average Bonchev–Trinajstić information content (AvgIpc) is 3.31. The second-order valence-corrected chi connectivity index (χ2v) is 8.29. The highest BCUT2D eigenvalue weighted by atomic mass is 35.5. The minimum absolute atomic E-state index is 0.0258. The normalized spacial score (nSPS) is 11.9. The highest BCUT2D eigenvalue weighted by Crippen LogP contribution is 2.29. The number of rotatable bonds is 6. The van der Waals surface area contributed by atoms with Crippen LogP contribution in [-0.2, 0) is 0 Å². The highest BCUT2D eigenvalue weighted by Gasteiger charge is 2.16. The van der Waals surface area contributed by atoms with Gasteiger partial charge in [0.25, 0.3) is 0 Å². The molecule has 0 fully saturated rings. The van der Waals surface area contributed by atoms with Crippen molar-refractivity contribution in [3.8, 4) is 28.5 Å². The minimum Gasteiger partial charge on any atom is -0.348 e. The van der Waals surface area contributed by atoms with Gasteiger partial charge in [-0.3, -0.25) is 4.57 Å². The third-order valence-electron chi connectivity index (χ3n) is 5.46. The smallest absolute Gasteiger partial charge is 0.225 e. The number of aromatic nitrogens is 4. The van der Waals surface area contributed by atoms with E-state index in [0.717, 1.165) is 22.4 Å². The second kappa shape index (κ2) is 9.45. The molecule has 0 bridgehead atoms. The number of hydrogen-bond acceptors (Lipinski definition) is 4. The van der Waals surface area contributed by atoms with Crippen LogP contribution < -0.4 is 5.32 Å². The molecule has 2 aromatic heterocycles. The van der Waals surface area contributed by atoms with Crippen molar-refractivity contribution in [2.75, 3.05) is 5.32 Å². The van der Waals surface area contributed by atoms with Crippen molar-refractivity contribution in [1.29, 1.82) is 0 Å². The Morgan fingerprint density at radius 2 is 1.68 bits per heavy atom. The van der Waals surface area contributed by atoms with Gasteiger partial charge in [-0.25, -0.2) is 14.4 Å². The number of benzene rings is 3. The summed E-state index contributed by atoms with van der Waals surface area (Å²) >= 11 is 6.21. The van der Waals surface area contributed by atoms with Crippen LogP contribution in [0, 0.1) is 5.82 Å². The van der Waals surface area contributed by atoms with E-state index in [1.807, 2.05) is 59.3 Å². The van der Waals surface area contributed by atoms with Crippen molar-refractivity contribution in [1.82, 2.24) is 19.5 Å². The van der Waals surface area contributed by atoms with Gasteiger partial charge in [-0.15, -0.1) is 0 Å². The Morgan fingerprint density at radius 3 is 2.44 bits per heavy atom. The van der Waals surface area contributed by atoms with Crippen LogP contribution in [0.1, 0.15) is 18.5 Å². The van der Waals surface area contributed by atoms with Crippen LogP contribution >= 0.6 is 11.6 Å². The number of halogens is 2. The predicted octanol–water partition coefficient (Wildman–Crippen LogP) is 6.96. The van der Waals surface area contributed by atoms with Gasteiger partial charge in [0.05, 0.1) is 11.7 Å². The average molecular weight is 470 g/mol. The van der Waals surface area contributed by atoms with Crippen molar-refractivity contribution >= 4 is 17.5 Å². The monoisotopic (exact) mass is 469 g/mol. The summed E-state index contributed by atoms with van der Waals surface area (Å²) in [5.41, 5.74) is 3.50. The predicted molar refractivity (Wildman–Crippen MR) is 133 cm³/mol. The zero-order valence-corrected chi connectivity index (χ0v) is 19.1. The summed E-state index contributed by atoms with van der Waals surface area (Å²) in [5, 5.41) is 3.98. The van der Waals surface area contributed by atoms with Crippen molar-refractivity contribution in [3.63, 3.8) is 0 Å². The van der Waals surface area contributed by atoms with Crippen LogP contribution in [-0.4, -0.2) is 19.5 Å². The minimum atomic E-state index is -0.305. The quantitative estimate of drug-likeness (QED) is 0.292. The molecule has 0 saturated carbocycles. The molecule has 5 nitrogen and oxygen atoms in total. The lowest BCUT2D eigenvalue weighted by atomic mass is 10.1. The molecule has 0 aliphatic carbocycles. The second-order valence-electron chi connectivity index (χ2n) is 7.85. The topological polar surface area (TPSA) is 55.6 Å². The number of imidazole rings is 1. The van der Waals surface area contributed by atoms with E-state index in [2.05, 4.69) is 29.4 Å². The molecule has 0 aliphatic heterocycles. The Hall–Kier alpha value is -4.03. The van der Waals surface area contributed by atoms with Gasteiger partial charge in [0, 0.05) is 28.5 Å². The van der Waals surface area contributed by atoms with Crippen LogP contribution in [0.2, 0.25) is 5.02 Å². The summed E-state index contributed by atoms with van der Waals surface area (Å²) in [6.45, 7) is 2.06. The summed E-state index contributed by atoms with van der Waals surface area (Å²) < 4.78 is 15.5. The fourth-order valence-corrected chi connectivity index (χ4v) is 3.91. The summed E-state index contributed by atoms with van der Waals surface area (Å²) in [4.78, 5) is 14.0. The van der Waals surface area contributed by atoms with Gasteiger partial charge in [0.2, 0.25) is 5.95 Å². The molecule has 168 valence electrons. The van der Waals surface area contributed by atoms with Gasteiger partial charge < -0.3 is 5.32 Å². The first-order valence-corrected chi connectivity index (χ1v) is 11.2. The lowest BCUT2D eigenvalue weighted by Gasteiger charge is -2.15. The zero-order chi connectivity index (χ0) is 23.5. The van der Waals surface area contributed by atoms with Gasteiger partial charge in [0.1, 0.15) is 17.5 Å². The van der Waals surface area contributed by atoms with Crippen LogP contribution in [0.5, 0.6) is 0 Å². The summed E-state index contributed by atoms with van der Waals surface area (Å²) in [6.07, 6.45) is 3.60. The Kier molecular flexibility index (Phi) is 6.06. The zero-order valence-electron chi connectivity index (χ0n) is 18.4. The molecule has 0 radical (unpaired) electrons. The van der Waals surface area contributed by atoms with Gasteiger partial charge in [-0.1, -0.05) is 54.1 Å². The van der Waals surface area contributed by atoms with Crippen molar-refractivity contribution in [2.45, 2.75) is 13.0 Å². The maximum Gasteiger partial charge on any atom is 0.225 e. The Morgan fingerprint density at radius 1 is 0.882 bits per heavy atom. The molecule has 3 aromatic carbocycles. The van der Waals surface area contributed by atoms with E-state index in [4.69, 9.17) is 21.6 Å². The Balaban J connectivity index is 1.56. The molecule has 5 rings (SSSR count). The van der Waals surface area contributed by atoms with E-state index >= 15 is 0 Å². The van der Waals surface area contributed by atoms with Crippen LogP contribution in [0.25, 0.3) is 28.5 Å². The largest absolute Gasteiger partial charge is 0.348 e. The van der Waals surface area contributed by atoms with E-state index < -0.39 is 0 Å². The summed E-state index contributed by atoms with van der Waals surface area (Å²) in [5.74, 6) is 1.46. The fourth-order valence-electron chi connectivity index (χ4n) is 3.72. The lowest BCUT2D eigenvalue weighted by Crippen LogP contribution is -2.10. The van der Waals surface area contributed by atoms with E-state index in [0.29, 0.717) is 22.6 Å². The molecular formula is C27H21ClFN5. The van der Waals surface area contributed by atoms with E-state index in [1.165, 1.54) is 12.1 Å². The number of hydrogen-bond donors (Lipinski definition) is 1. The van der Waals surface area contributed by atoms with Gasteiger partial charge in [-0.05, 0) is 55.0 Å². The van der Waals surface area contributed by atoms with E-state index in [1.54, 1.807) is 18.3 Å². The SMILES string of the molecule is CC(Nc1nccc(-n2cc(-c3cccc(Cl)c3)nc2-c2ccc(F)cc2)n1)c1ccccc1. The molecule has 1 N–H and O–H groups in total. The first-order valence-electron chi connectivity index (χ1n) is 10.8. The molecule has 0 aliphatic rings. The third kappa shape index (κ3) is 4.67. The maximum absolute atomic E-state index is 13.6. The summed E-state index contributed by atoms with van der Waals surface area (Å²) in [6, 6.07) is 25.7. The Labute approximate surface area is 201 Å². The van der Waals surface area contributed by atoms with Gasteiger partial charge in [0.15, 0.2) is 0 Å². The molecule has 1 unspecified atom stereocenters. The molecule has 7 heteroatoms. The molecular weight excluding hydrogens is 449 g/mol. The van der Waals surface area contributed by atoms with Crippen LogP contribution in [0.3, 0.4) is 0 Å². The molecule has 2 heterocycles. The number of anilines is 1. The molecule has 1 atom stereocenters. The van der Waals surface area contributed by atoms with E-state index in [-0.39, 0.29) is 11.9 Å². The van der Waals surface area contributed by atoms with Gasteiger partial charge in [-0.2, -0.15) is 4.98 Å². The third-order valence-corrected chi connectivity index (χ3v) is 5.70. The van der Waals surface area contributed by atoms with Crippen molar-refractivity contribution < 1.29 is 4.39 Å². The van der Waals surface area contributed by atoms with Crippen LogP contribution in [0.4, 0.5) is 10.3 Å². The van der Waals surface area contributed by atoms with Crippen molar-refractivity contribution in [2.24, 2.45) is 0 Å². The molecule has 0 amide bonds. The lowest BCUT2D eigenvalue weighted by molar-refractivity contribution is 0.628. The number of nitrogens with zero attached hydrogens (tertiary/aromatic N) is 4. The molecule has 0 saturated heterocycles. The molecule has 5 aromatic rings. The first kappa shape index (κ1) is 21.8. The number of nitrogens with one attached hydrogen (secondary N) is 1. The fraction of sp³-hybridized carbons (Fsp3) is 0.0741. The molecule has 34 heavy (non-hydrogen) atoms. The van der Waals surface area contributed by atoms with Gasteiger partial charge >= 0.3 is 0 Å². The van der Waals surface area contributed by atoms with Crippen molar-refractivity contribution in [3.05, 3.63) is 114 Å². The summed E-state index contributed by atoms with van der Waals surface area (Å²) in [7, 11) is 0. The first-order chi connectivity index (χ1) is 16.6. The highest BCUT2D eigenvalue weighted by molar-refractivity contribution is 6.30.